The molecule has 2 aromatic rings. The van der Waals surface area contributed by atoms with Crippen LogP contribution in [0.2, 0.25) is 0 Å². The Balaban J connectivity index is 1.96. The summed E-state index contributed by atoms with van der Waals surface area (Å²) in [7, 11) is -3.72. The number of carboxylic acid groups (broad SMARTS) is 1. The monoisotopic (exact) mass is 431 g/mol. The maximum atomic E-state index is 13.3. The first-order valence-electron chi connectivity index (χ1n) is 10.3. The summed E-state index contributed by atoms with van der Waals surface area (Å²) in [6, 6.07) is 12.6. The molecule has 0 amide bonds. The van der Waals surface area contributed by atoms with Crippen LogP contribution in [0, 0.1) is 6.92 Å². The van der Waals surface area contributed by atoms with Crippen LogP contribution in [0.4, 0.5) is 0 Å². The van der Waals surface area contributed by atoms with E-state index >= 15 is 0 Å². The molecule has 162 valence electrons. The van der Waals surface area contributed by atoms with E-state index < -0.39 is 16.0 Å². The number of benzene rings is 2. The number of hydrogen-bond donors (Lipinski definition) is 1. The van der Waals surface area contributed by atoms with E-state index in [0.717, 1.165) is 29.5 Å². The first kappa shape index (κ1) is 22.3. The molecule has 6 nitrogen and oxygen atoms in total. The van der Waals surface area contributed by atoms with Crippen LogP contribution in [0.15, 0.2) is 47.4 Å². The quantitative estimate of drug-likeness (QED) is 0.706. The highest BCUT2D eigenvalue weighted by Crippen LogP contribution is 2.33. The lowest BCUT2D eigenvalue weighted by molar-refractivity contribution is -0.137. The van der Waals surface area contributed by atoms with Gasteiger partial charge in [0.25, 0.3) is 0 Å². The van der Waals surface area contributed by atoms with Gasteiger partial charge in [0.05, 0.1) is 13.0 Å². The largest absolute Gasteiger partial charge is 0.488 e. The molecule has 1 aliphatic rings. The maximum absolute atomic E-state index is 13.3. The summed E-state index contributed by atoms with van der Waals surface area (Å²) in [5, 5.41) is 9.28. The normalized spacial score (nSPS) is 19.4. The Morgan fingerprint density at radius 1 is 1.27 bits per heavy atom. The molecule has 0 saturated heterocycles. The zero-order valence-electron chi connectivity index (χ0n) is 17.7. The number of rotatable bonds is 7. The van der Waals surface area contributed by atoms with Crippen LogP contribution in [0.3, 0.4) is 0 Å². The van der Waals surface area contributed by atoms with Gasteiger partial charge in [0, 0.05) is 6.54 Å². The predicted molar refractivity (Wildman–Crippen MR) is 115 cm³/mol. The lowest BCUT2D eigenvalue weighted by Crippen LogP contribution is -2.35. The highest BCUT2D eigenvalue weighted by Gasteiger charge is 2.33. The molecule has 0 radical (unpaired) electrons. The van der Waals surface area contributed by atoms with Gasteiger partial charge in [-0.15, -0.1) is 0 Å². The van der Waals surface area contributed by atoms with Crippen molar-refractivity contribution < 1.29 is 23.1 Å². The van der Waals surface area contributed by atoms with Gasteiger partial charge in [0.2, 0.25) is 10.0 Å². The highest BCUT2D eigenvalue weighted by atomic mass is 32.2. The predicted octanol–water partition coefficient (Wildman–Crippen LogP) is 4.33. The van der Waals surface area contributed by atoms with Crippen LogP contribution in [0.25, 0.3) is 0 Å². The van der Waals surface area contributed by atoms with Crippen molar-refractivity contribution in [3.05, 3.63) is 59.2 Å². The van der Waals surface area contributed by atoms with Gasteiger partial charge in [-0.25, -0.2) is 8.42 Å². The molecule has 0 saturated carbocycles. The van der Waals surface area contributed by atoms with E-state index in [0.29, 0.717) is 5.75 Å². The summed E-state index contributed by atoms with van der Waals surface area (Å²) in [5.74, 6) is -0.536. The average Bonchev–Trinajstić information content (AvgIpc) is 2.77. The minimum absolute atomic E-state index is 0.0661. The number of sulfonamides is 1. The average molecular weight is 432 g/mol. The van der Waals surface area contributed by atoms with Crippen molar-refractivity contribution in [3.63, 3.8) is 0 Å². The highest BCUT2D eigenvalue weighted by molar-refractivity contribution is 7.89. The van der Waals surface area contributed by atoms with Gasteiger partial charge < -0.3 is 9.84 Å². The van der Waals surface area contributed by atoms with Gasteiger partial charge in [-0.3, -0.25) is 4.79 Å². The summed E-state index contributed by atoms with van der Waals surface area (Å²) in [6.07, 6.45) is 1.44. The number of para-hydroxylation sites is 1. The maximum Gasteiger partial charge on any atom is 0.303 e. The zero-order chi connectivity index (χ0) is 21.9. The van der Waals surface area contributed by atoms with E-state index in [-0.39, 0.29) is 36.4 Å². The molecule has 1 N–H and O–H groups in total. The molecule has 30 heavy (non-hydrogen) atoms. The van der Waals surface area contributed by atoms with Gasteiger partial charge in [0.15, 0.2) is 0 Å². The van der Waals surface area contributed by atoms with Crippen LogP contribution in [0.5, 0.6) is 5.75 Å². The summed E-state index contributed by atoms with van der Waals surface area (Å²) in [5.41, 5.74) is 2.80. The van der Waals surface area contributed by atoms with Gasteiger partial charge >= 0.3 is 5.97 Å². The summed E-state index contributed by atoms with van der Waals surface area (Å²) in [4.78, 5) is 11.5. The fraction of sp³-hybridized carbons (Fsp3) is 0.435. The molecule has 0 bridgehead atoms. The van der Waals surface area contributed by atoms with Crippen molar-refractivity contribution in [2.45, 2.75) is 63.5 Å². The molecule has 2 aromatic carbocycles. The van der Waals surface area contributed by atoms with E-state index in [9.17, 15) is 18.3 Å². The third-order valence-electron chi connectivity index (χ3n) is 5.51. The lowest BCUT2D eigenvalue weighted by Gasteiger charge is -2.23. The van der Waals surface area contributed by atoms with E-state index in [1.54, 1.807) is 24.3 Å². The molecular formula is C23H29NO5S. The van der Waals surface area contributed by atoms with Crippen molar-refractivity contribution in [2.75, 3.05) is 6.54 Å². The Bertz CT molecular complexity index is 1020. The van der Waals surface area contributed by atoms with Crippen LogP contribution in [0.1, 0.15) is 55.7 Å². The summed E-state index contributed by atoms with van der Waals surface area (Å²) in [6.45, 7) is 6.30. The lowest BCUT2D eigenvalue weighted by atomic mass is 9.89. The zero-order valence-corrected chi connectivity index (χ0v) is 18.5. The molecule has 1 heterocycles. The van der Waals surface area contributed by atoms with Crippen LogP contribution >= 0.6 is 0 Å². The molecule has 1 unspecified atom stereocenters. The van der Waals surface area contributed by atoms with Crippen LogP contribution in [-0.2, 0) is 21.4 Å². The molecule has 3 rings (SSSR count). The number of hydrogen-bond acceptors (Lipinski definition) is 4. The van der Waals surface area contributed by atoms with Crippen molar-refractivity contribution in [1.29, 1.82) is 0 Å². The minimum atomic E-state index is -3.72. The summed E-state index contributed by atoms with van der Waals surface area (Å²) < 4.78 is 33.9. The fourth-order valence-corrected chi connectivity index (χ4v) is 5.55. The van der Waals surface area contributed by atoms with Gasteiger partial charge in [-0.2, -0.15) is 4.31 Å². The Morgan fingerprint density at radius 3 is 2.70 bits per heavy atom. The number of aliphatic carboxylic acids is 1. The van der Waals surface area contributed by atoms with Gasteiger partial charge in [0.1, 0.15) is 16.7 Å². The Labute approximate surface area is 178 Å². The molecule has 2 atom stereocenters. The number of nitrogens with zero attached hydrogens (tertiary/aromatic N) is 1. The van der Waals surface area contributed by atoms with E-state index in [1.165, 1.54) is 4.31 Å². The van der Waals surface area contributed by atoms with E-state index in [1.807, 2.05) is 39.0 Å². The van der Waals surface area contributed by atoms with E-state index in [2.05, 4.69) is 0 Å². The van der Waals surface area contributed by atoms with Crippen molar-refractivity contribution in [2.24, 2.45) is 0 Å². The third-order valence-corrected chi connectivity index (χ3v) is 7.36. The second kappa shape index (κ2) is 9.18. The molecule has 0 fully saturated rings. The van der Waals surface area contributed by atoms with E-state index in [4.69, 9.17) is 4.74 Å². The number of carboxylic acids is 1. The number of carbonyl (C=O) groups is 1. The van der Waals surface area contributed by atoms with Crippen LogP contribution in [-0.4, -0.2) is 36.4 Å². The van der Waals surface area contributed by atoms with Crippen molar-refractivity contribution >= 4 is 16.0 Å². The standard InChI is InChI=1S/C23H29NO5S/c1-4-7-18(13-23(25)26)19-11-10-16(2)20(12-19)15-24-14-17(3)29-21-8-5-6-9-22(21)30(24,27)28/h5-6,8-12,17-18H,4,7,13-15H2,1-3H3,(H,25,26)/t17-,18?/m1/s1. The molecule has 0 aromatic heterocycles. The second-order valence-electron chi connectivity index (χ2n) is 7.94. The van der Waals surface area contributed by atoms with Gasteiger partial charge in [-0.05, 0) is 55.0 Å². The smallest absolute Gasteiger partial charge is 0.303 e. The number of ether oxygens (including phenoxy) is 1. The first-order chi connectivity index (χ1) is 14.2. The summed E-state index contributed by atoms with van der Waals surface area (Å²) >= 11 is 0. The van der Waals surface area contributed by atoms with Gasteiger partial charge in [-0.1, -0.05) is 43.7 Å². The van der Waals surface area contributed by atoms with Crippen LogP contribution < -0.4 is 4.74 Å². The Kier molecular flexibility index (Phi) is 6.83. The Morgan fingerprint density at radius 2 is 2.00 bits per heavy atom. The molecule has 7 heteroatoms. The topological polar surface area (TPSA) is 83.9 Å². The molecule has 0 aliphatic carbocycles. The Hall–Kier alpha value is -2.38. The van der Waals surface area contributed by atoms with Crippen molar-refractivity contribution in [1.82, 2.24) is 4.31 Å². The fourth-order valence-electron chi connectivity index (χ4n) is 3.94. The number of fused-ring (bicyclic) bond motifs is 1. The first-order valence-corrected chi connectivity index (χ1v) is 11.7. The molecular weight excluding hydrogens is 402 g/mol. The molecule has 0 spiro atoms. The molecule has 1 aliphatic heterocycles. The number of aryl methyl sites for hydroxylation is 1. The van der Waals surface area contributed by atoms with Crippen molar-refractivity contribution in [3.8, 4) is 5.75 Å². The SMILES string of the molecule is CCCC(CC(=O)O)c1ccc(C)c(CN2C[C@@H](C)Oc3ccccc3S2(=O)=O)c1. The minimum Gasteiger partial charge on any atom is -0.488 e. The second-order valence-corrected chi connectivity index (χ2v) is 9.85. The third kappa shape index (κ3) is 4.84.